The van der Waals surface area contributed by atoms with E-state index in [9.17, 15) is 9.18 Å². The molecule has 5 heteroatoms. The van der Waals surface area contributed by atoms with Gasteiger partial charge in [-0.05, 0) is 32.3 Å². The van der Waals surface area contributed by atoms with Gasteiger partial charge in [0.15, 0.2) is 5.67 Å². The molecule has 3 nitrogen and oxygen atoms in total. The lowest BCUT2D eigenvalue weighted by Gasteiger charge is -2.11. The highest BCUT2D eigenvalue weighted by molar-refractivity contribution is 6.32. The number of hydrogen-bond acceptors (Lipinski definition) is 2. The van der Waals surface area contributed by atoms with E-state index in [1.165, 1.54) is 6.20 Å². The SMILES string of the molecule is Cc1ncc(NC(=O)C2(F)CC2)c(C)c1Cl. The molecule has 1 saturated carbocycles. The molecule has 0 aromatic carbocycles. The Balaban J connectivity index is 2.22. The lowest BCUT2D eigenvalue weighted by Crippen LogP contribution is -2.25. The Morgan fingerprint density at radius 1 is 1.56 bits per heavy atom. The van der Waals surface area contributed by atoms with E-state index in [0.717, 1.165) is 0 Å². The standard InChI is InChI=1S/C11H12ClFN2O/c1-6-8(5-14-7(2)9(6)12)15-10(16)11(13)3-4-11/h5H,3-4H2,1-2H3,(H,15,16). The van der Waals surface area contributed by atoms with Gasteiger partial charge in [0.25, 0.3) is 5.91 Å². The minimum absolute atomic E-state index is 0.297. The summed E-state index contributed by atoms with van der Waals surface area (Å²) < 4.78 is 13.4. The Labute approximate surface area is 98.0 Å². The number of anilines is 1. The number of nitrogens with zero attached hydrogens (tertiary/aromatic N) is 1. The van der Waals surface area contributed by atoms with Gasteiger partial charge in [0.05, 0.1) is 22.6 Å². The van der Waals surface area contributed by atoms with Gasteiger partial charge in [-0.25, -0.2) is 4.39 Å². The van der Waals surface area contributed by atoms with Crippen LogP contribution in [0.2, 0.25) is 5.02 Å². The number of aromatic nitrogens is 1. The van der Waals surface area contributed by atoms with E-state index in [1.807, 2.05) is 0 Å². The molecule has 2 rings (SSSR count). The molecule has 0 unspecified atom stereocenters. The third kappa shape index (κ3) is 1.89. The third-order valence-electron chi connectivity index (χ3n) is 2.78. The molecule has 86 valence electrons. The van der Waals surface area contributed by atoms with Gasteiger partial charge in [-0.2, -0.15) is 0 Å². The van der Waals surface area contributed by atoms with Gasteiger partial charge in [-0.15, -0.1) is 0 Å². The fourth-order valence-corrected chi connectivity index (χ4v) is 1.55. The monoisotopic (exact) mass is 242 g/mol. The predicted octanol–water partition coefficient (Wildman–Crippen LogP) is 2.79. The molecule has 1 amide bonds. The van der Waals surface area contributed by atoms with Gasteiger partial charge >= 0.3 is 0 Å². The van der Waals surface area contributed by atoms with Crippen molar-refractivity contribution in [1.29, 1.82) is 0 Å². The molecule has 1 heterocycles. The number of alkyl halides is 1. The second-order valence-electron chi connectivity index (χ2n) is 4.12. The van der Waals surface area contributed by atoms with Crippen LogP contribution >= 0.6 is 11.6 Å². The summed E-state index contributed by atoms with van der Waals surface area (Å²) in [4.78, 5) is 15.5. The predicted molar refractivity (Wildman–Crippen MR) is 60.4 cm³/mol. The highest BCUT2D eigenvalue weighted by atomic mass is 35.5. The van der Waals surface area contributed by atoms with E-state index in [4.69, 9.17) is 11.6 Å². The van der Waals surface area contributed by atoms with E-state index in [2.05, 4.69) is 10.3 Å². The van der Waals surface area contributed by atoms with Crippen LogP contribution in [0.3, 0.4) is 0 Å². The molecule has 1 aromatic rings. The third-order valence-corrected chi connectivity index (χ3v) is 3.34. The minimum atomic E-state index is -1.68. The van der Waals surface area contributed by atoms with Crippen molar-refractivity contribution in [2.45, 2.75) is 32.4 Å². The van der Waals surface area contributed by atoms with Crippen LogP contribution in [0.4, 0.5) is 10.1 Å². The molecule has 0 radical (unpaired) electrons. The van der Waals surface area contributed by atoms with Gasteiger partial charge in [0.1, 0.15) is 0 Å². The van der Waals surface area contributed by atoms with Crippen molar-refractivity contribution in [3.05, 3.63) is 22.5 Å². The van der Waals surface area contributed by atoms with E-state index < -0.39 is 11.6 Å². The molecule has 0 aliphatic heterocycles. The fraction of sp³-hybridized carbons (Fsp3) is 0.455. The molecular weight excluding hydrogens is 231 g/mol. The van der Waals surface area contributed by atoms with E-state index >= 15 is 0 Å². The number of carbonyl (C=O) groups is 1. The summed E-state index contributed by atoms with van der Waals surface area (Å²) >= 11 is 5.99. The zero-order valence-corrected chi connectivity index (χ0v) is 9.86. The highest BCUT2D eigenvalue weighted by Crippen LogP contribution is 2.41. The number of halogens is 2. The first kappa shape index (κ1) is 11.3. The zero-order valence-electron chi connectivity index (χ0n) is 9.10. The van der Waals surface area contributed by atoms with Crippen LogP contribution in [-0.4, -0.2) is 16.6 Å². The summed E-state index contributed by atoms with van der Waals surface area (Å²) in [5.41, 5.74) is 0.207. The van der Waals surface area contributed by atoms with Gasteiger partial charge in [-0.3, -0.25) is 9.78 Å². The molecule has 0 saturated heterocycles. The van der Waals surface area contributed by atoms with Crippen molar-refractivity contribution in [1.82, 2.24) is 4.98 Å². The van der Waals surface area contributed by atoms with Crippen LogP contribution in [0.5, 0.6) is 0 Å². The molecule has 0 bridgehead atoms. The number of amides is 1. The Morgan fingerprint density at radius 2 is 2.19 bits per heavy atom. The number of nitrogens with one attached hydrogen (secondary N) is 1. The summed E-state index contributed by atoms with van der Waals surface area (Å²) in [5.74, 6) is -0.600. The quantitative estimate of drug-likeness (QED) is 0.867. The second kappa shape index (κ2) is 3.70. The van der Waals surface area contributed by atoms with Gasteiger partial charge in [-0.1, -0.05) is 11.6 Å². The van der Waals surface area contributed by atoms with Gasteiger partial charge in [0.2, 0.25) is 0 Å². The van der Waals surface area contributed by atoms with Crippen molar-refractivity contribution in [2.75, 3.05) is 5.32 Å². The zero-order chi connectivity index (χ0) is 11.9. The van der Waals surface area contributed by atoms with Crippen LogP contribution in [-0.2, 0) is 4.79 Å². The Hall–Kier alpha value is -1.16. The maximum Gasteiger partial charge on any atom is 0.262 e. The molecule has 16 heavy (non-hydrogen) atoms. The first-order valence-electron chi connectivity index (χ1n) is 5.06. The highest BCUT2D eigenvalue weighted by Gasteiger charge is 2.50. The second-order valence-corrected chi connectivity index (χ2v) is 4.49. The summed E-state index contributed by atoms with van der Waals surface area (Å²) in [6.07, 6.45) is 2.09. The van der Waals surface area contributed by atoms with E-state index in [-0.39, 0.29) is 0 Å². The molecule has 1 aromatic heterocycles. The Kier molecular flexibility index (Phi) is 2.62. The molecule has 0 atom stereocenters. The summed E-state index contributed by atoms with van der Waals surface area (Å²) in [6.45, 7) is 3.54. The molecular formula is C11H12ClFN2O. The number of pyridine rings is 1. The maximum absolute atomic E-state index is 13.4. The minimum Gasteiger partial charge on any atom is -0.322 e. The smallest absolute Gasteiger partial charge is 0.262 e. The van der Waals surface area contributed by atoms with Crippen LogP contribution in [0.1, 0.15) is 24.1 Å². The first-order valence-corrected chi connectivity index (χ1v) is 5.44. The average molecular weight is 243 g/mol. The van der Waals surface area contributed by atoms with Crippen LogP contribution < -0.4 is 5.32 Å². The molecule has 1 fully saturated rings. The number of hydrogen-bond donors (Lipinski definition) is 1. The Bertz CT molecular complexity index is 458. The number of rotatable bonds is 2. The van der Waals surface area contributed by atoms with Crippen molar-refractivity contribution in [3.8, 4) is 0 Å². The normalized spacial score (nSPS) is 17.0. The summed E-state index contributed by atoms with van der Waals surface area (Å²) in [7, 11) is 0. The summed E-state index contributed by atoms with van der Waals surface area (Å²) in [5, 5.41) is 3.02. The average Bonchev–Trinajstić information content (AvgIpc) is 2.99. The van der Waals surface area contributed by atoms with Crippen molar-refractivity contribution in [3.63, 3.8) is 0 Å². The molecule has 0 spiro atoms. The lowest BCUT2D eigenvalue weighted by molar-refractivity contribution is -0.122. The number of carbonyl (C=O) groups excluding carboxylic acids is 1. The van der Waals surface area contributed by atoms with E-state index in [0.29, 0.717) is 34.8 Å². The number of aryl methyl sites for hydroxylation is 1. The largest absolute Gasteiger partial charge is 0.322 e. The first-order chi connectivity index (χ1) is 7.44. The van der Waals surface area contributed by atoms with E-state index in [1.54, 1.807) is 13.8 Å². The molecule has 1 N–H and O–H groups in total. The summed E-state index contributed by atoms with van der Waals surface area (Å²) in [6, 6.07) is 0. The Morgan fingerprint density at radius 3 is 2.75 bits per heavy atom. The van der Waals surface area contributed by atoms with Crippen molar-refractivity contribution in [2.24, 2.45) is 0 Å². The lowest BCUT2D eigenvalue weighted by atomic mass is 10.2. The van der Waals surface area contributed by atoms with Crippen LogP contribution in [0, 0.1) is 13.8 Å². The van der Waals surface area contributed by atoms with Crippen molar-refractivity contribution >= 4 is 23.2 Å². The fourth-order valence-electron chi connectivity index (χ4n) is 1.40. The maximum atomic E-state index is 13.4. The van der Waals surface area contributed by atoms with Gasteiger partial charge in [0, 0.05) is 0 Å². The molecule has 1 aliphatic carbocycles. The molecule has 1 aliphatic rings. The van der Waals surface area contributed by atoms with Crippen molar-refractivity contribution < 1.29 is 9.18 Å². The van der Waals surface area contributed by atoms with Crippen LogP contribution in [0.15, 0.2) is 6.20 Å². The topological polar surface area (TPSA) is 42.0 Å². The van der Waals surface area contributed by atoms with Crippen LogP contribution in [0.25, 0.3) is 0 Å². The van der Waals surface area contributed by atoms with Gasteiger partial charge < -0.3 is 5.32 Å².